The Morgan fingerprint density at radius 3 is 2.44 bits per heavy atom. The van der Waals surface area contributed by atoms with Gasteiger partial charge in [-0.1, -0.05) is 31.1 Å². The maximum absolute atomic E-state index is 13.2. The number of aliphatic hydroxyl groups excluding tert-OH is 1. The predicted molar refractivity (Wildman–Crippen MR) is 125 cm³/mol. The topological polar surface area (TPSA) is 52.8 Å². The molecule has 2 N–H and O–H groups in total. The molecule has 1 aromatic rings. The summed E-state index contributed by atoms with van der Waals surface area (Å²) in [6.45, 7) is 5.02. The minimum absolute atomic E-state index is 0.0845. The lowest BCUT2D eigenvalue weighted by Crippen LogP contribution is -2.54. The van der Waals surface area contributed by atoms with Gasteiger partial charge < -0.3 is 10.3 Å². The molecule has 1 aromatic carbocycles. The first-order chi connectivity index (χ1) is 15.3. The Bertz CT molecular complexity index is 853. The minimum atomic E-state index is -0.205. The highest BCUT2D eigenvalue weighted by Crippen LogP contribution is 2.67. The Morgan fingerprint density at radius 1 is 0.969 bits per heavy atom. The van der Waals surface area contributed by atoms with Gasteiger partial charge in [0.05, 0.1) is 11.8 Å². The molecule has 8 atom stereocenters. The van der Waals surface area contributed by atoms with Gasteiger partial charge in [-0.15, -0.1) is 0 Å². The molecule has 4 aliphatic carbocycles. The fourth-order valence-corrected chi connectivity index (χ4v) is 9.00. The smallest absolute Gasteiger partial charge is 0.123 e. The van der Waals surface area contributed by atoms with Crippen molar-refractivity contribution < 1.29 is 14.7 Å². The van der Waals surface area contributed by atoms with Crippen molar-refractivity contribution in [2.75, 3.05) is 0 Å². The normalized spacial score (nSPS) is 43.9. The lowest BCUT2D eigenvalue weighted by Gasteiger charge is -2.61. The van der Waals surface area contributed by atoms with E-state index >= 15 is 0 Å². The van der Waals surface area contributed by atoms with Crippen molar-refractivity contribution in [3.63, 3.8) is 0 Å². The molecule has 0 bridgehead atoms. The summed E-state index contributed by atoms with van der Waals surface area (Å²) in [5.74, 6) is 3.14. The first kappa shape index (κ1) is 22.4. The van der Waals surface area contributed by atoms with Gasteiger partial charge in [-0.25, -0.2) is 4.39 Å². The number of oxime groups is 1. The number of hydrogen-bond acceptors (Lipinski definition) is 3. The molecule has 0 aliphatic heterocycles. The van der Waals surface area contributed by atoms with Crippen LogP contribution in [0.3, 0.4) is 0 Å². The van der Waals surface area contributed by atoms with Crippen molar-refractivity contribution in [1.82, 2.24) is 0 Å². The van der Waals surface area contributed by atoms with E-state index in [1.54, 1.807) is 0 Å². The third-order valence-electron chi connectivity index (χ3n) is 10.8. The molecule has 0 aromatic heterocycles. The molecule has 176 valence electrons. The van der Waals surface area contributed by atoms with Crippen molar-refractivity contribution in [1.29, 1.82) is 0 Å². The maximum Gasteiger partial charge on any atom is 0.123 e. The molecule has 0 spiro atoms. The van der Waals surface area contributed by atoms with Crippen molar-refractivity contribution in [2.45, 2.75) is 90.6 Å². The van der Waals surface area contributed by atoms with Gasteiger partial charge in [-0.05, 0) is 123 Å². The fraction of sp³-hybridized carbons (Fsp3) is 0.750. The number of fused-ring (bicyclic) bond motifs is 5. The van der Waals surface area contributed by atoms with E-state index in [-0.39, 0.29) is 17.3 Å². The molecule has 0 saturated heterocycles. The molecule has 4 saturated carbocycles. The Morgan fingerprint density at radius 2 is 1.69 bits per heavy atom. The molecule has 0 heterocycles. The Labute approximate surface area is 192 Å². The van der Waals surface area contributed by atoms with Crippen LogP contribution in [0.4, 0.5) is 4.39 Å². The van der Waals surface area contributed by atoms with E-state index in [9.17, 15) is 14.7 Å². The largest absolute Gasteiger partial charge is 0.411 e. The Kier molecular flexibility index (Phi) is 5.89. The van der Waals surface area contributed by atoms with Crippen molar-refractivity contribution in [3.05, 3.63) is 35.6 Å². The van der Waals surface area contributed by atoms with E-state index in [1.165, 1.54) is 50.7 Å². The SMILES string of the molecule is CC12CCC(O)CC1CCC1C2CCC2(C)C(/C(CCc3ccc(F)cc3)=N/O)CCC12. The Hall–Kier alpha value is -1.42. The van der Waals surface area contributed by atoms with Crippen molar-refractivity contribution in [2.24, 2.45) is 45.6 Å². The zero-order chi connectivity index (χ0) is 22.5. The molecule has 5 rings (SSSR count). The molecule has 4 heteroatoms. The quantitative estimate of drug-likeness (QED) is 0.314. The number of aryl methyl sites for hydroxylation is 1. The summed E-state index contributed by atoms with van der Waals surface area (Å²) in [4.78, 5) is 0. The van der Waals surface area contributed by atoms with Crippen LogP contribution in [0.5, 0.6) is 0 Å². The van der Waals surface area contributed by atoms with Crippen LogP contribution in [0.15, 0.2) is 29.4 Å². The summed E-state index contributed by atoms with van der Waals surface area (Å²) in [6.07, 6.45) is 12.1. The molecule has 32 heavy (non-hydrogen) atoms. The van der Waals surface area contributed by atoms with E-state index < -0.39 is 0 Å². The molecule has 3 nitrogen and oxygen atoms in total. The van der Waals surface area contributed by atoms with Gasteiger partial charge in [0.25, 0.3) is 0 Å². The van der Waals surface area contributed by atoms with E-state index in [1.807, 2.05) is 12.1 Å². The molecule has 0 radical (unpaired) electrons. The third-order valence-corrected chi connectivity index (χ3v) is 10.8. The number of nitrogens with zero attached hydrogens (tertiary/aromatic N) is 1. The van der Waals surface area contributed by atoms with Gasteiger partial charge in [-0.2, -0.15) is 0 Å². The van der Waals surface area contributed by atoms with Gasteiger partial charge in [0.15, 0.2) is 0 Å². The van der Waals surface area contributed by atoms with Crippen LogP contribution in [-0.2, 0) is 6.42 Å². The molecular formula is C28H40FNO2. The standard InChI is InChI=1S/C28H40FNO2/c1-27-15-13-21(31)17-19(27)6-9-22-23-10-11-25(28(23,2)16-14-24(22)27)26(30-32)12-5-18-3-7-20(29)8-4-18/h3-4,7-8,19,21-25,31-32H,5-6,9-17H2,1-2H3/b30-26+. The van der Waals surface area contributed by atoms with Crippen LogP contribution in [0.2, 0.25) is 0 Å². The molecule has 8 unspecified atom stereocenters. The molecule has 0 amide bonds. The lowest BCUT2D eigenvalue weighted by atomic mass is 9.44. The molecule has 4 aliphatic rings. The van der Waals surface area contributed by atoms with Crippen LogP contribution >= 0.6 is 0 Å². The average molecular weight is 442 g/mol. The summed E-state index contributed by atoms with van der Waals surface area (Å²) in [5.41, 5.74) is 2.68. The summed E-state index contributed by atoms with van der Waals surface area (Å²) >= 11 is 0. The van der Waals surface area contributed by atoms with Crippen molar-refractivity contribution >= 4 is 5.71 Å². The average Bonchev–Trinajstić information content (AvgIpc) is 3.13. The summed E-state index contributed by atoms with van der Waals surface area (Å²) in [5, 5.41) is 24.1. The number of aliphatic hydroxyl groups is 1. The third kappa shape index (κ3) is 3.61. The first-order valence-corrected chi connectivity index (χ1v) is 13.0. The first-order valence-electron chi connectivity index (χ1n) is 13.0. The van der Waals surface area contributed by atoms with Crippen LogP contribution in [0.25, 0.3) is 0 Å². The van der Waals surface area contributed by atoms with Crippen LogP contribution < -0.4 is 0 Å². The molecule has 4 fully saturated rings. The van der Waals surface area contributed by atoms with Crippen LogP contribution in [0, 0.1) is 46.2 Å². The highest BCUT2D eigenvalue weighted by atomic mass is 19.1. The van der Waals surface area contributed by atoms with Gasteiger partial charge >= 0.3 is 0 Å². The zero-order valence-corrected chi connectivity index (χ0v) is 19.8. The van der Waals surface area contributed by atoms with Gasteiger partial charge in [0.1, 0.15) is 5.82 Å². The second kappa shape index (κ2) is 8.42. The predicted octanol–water partition coefficient (Wildman–Crippen LogP) is 6.61. The Balaban J connectivity index is 1.31. The summed E-state index contributed by atoms with van der Waals surface area (Å²) in [6, 6.07) is 6.71. The number of halogens is 1. The van der Waals surface area contributed by atoms with E-state index in [2.05, 4.69) is 19.0 Å². The van der Waals surface area contributed by atoms with Crippen LogP contribution in [0.1, 0.15) is 83.6 Å². The second-order valence-corrected chi connectivity index (χ2v) is 12.0. The van der Waals surface area contributed by atoms with Gasteiger partial charge in [-0.3, -0.25) is 0 Å². The fourth-order valence-electron chi connectivity index (χ4n) is 9.00. The summed E-state index contributed by atoms with van der Waals surface area (Å²) < 4.78 is 13.2. The van der Waals surface area contributed by atoms with E-state index in [0.29, 0.717) is 17.3 Å². The van der Waals surface area contributed by atoms with Gasteiger partial charge in [0.2, 0.25) is 0 Å². The van der Waals surface area contributed by atoms with Gasteiger partial charge in [0, 0.05) is 5.92 Å². The number of rotatable bonds is 4. The summed E-state index contributed by atoms with van der Waals surface area (Å²) in [7, 11) is 0. The molecular weight excluding hydrogens is 401 g/mol. The van der Waals surface area contributed by atoms with E-state index in [4.69, 9.17) is 0 Å². The highest BCUT2D eigenvalue weighted by molar-refractivity contribution is 5.87. The highest BCUT2D eigenvalue weighted by Gasteiger charge is 2.60. The monoisotopic (exact) mass is 441 g/mol. The lowest BCUT2D eigenvalue weighted by molar-refractivity contribution is -0.123. The zero-order valence-electron chi connectivity index (χ0n) is 19.8. The second-order valence-electron chi connectivity index (χ2n) is 12.0. The number of hydrogen-bond donors (Lipinski definition) is 2. The van der Waals surface area contributed by atoms with Crippen molar-refractivity contribution in [3.8, 4) is 0 Å². The number of benzene rings is 1. The van der Waals surface area contributed by atoms with E-state index in [0.717, 1.165) is 61.1 Å². The van der Waals surface area contributed by atoms with Crippen LogP contribution in [-0.4, -0.2) is 22.1 Å². The maximum atomic E-state index is 13.2. The minimum Gasteiger partial charge on any atom is -0.411 e.